The van der Waals surface area contributed by atoms with Crippen molar-refractivity contribution in [1.29, 1.82) is 5.26 Å². The van der Waals surface area contributed by atoms with Gasteiger partial charge >= 0.3 is 0 Å². The molecule has 0 atom stereocenters. The molecule has 0 aliphatic carbocycles. The second-order valence-electron chi connectivity index (χ2n) is 2.23. The number of allylic oxidation sites excluding steroid dienone is 2. The first kappa shape index (κ1) is 6.18. The third-order valence-electron chi connectivity index (χ3n) is 1.45. The molecule has 1 aromatic rings. The van der Waals surface area contributed by atoms with E-state index in [1.807, 2.05) is 36.4 Å². The summed E-state index contributed by atoms with van der Waals surface area (Å²) in [5.74, 6) is 0. The van der Waals surface area contributed by atoms with Gasteiger partial charge in [-0.25, -0.2) is 0 Å². The molecule has 0 fully saturated rings. The van der Waals surface area contributed by atoms with Crippen LogP contribution in [0.1, 0.15) is 13.9 Å². The van der Waals surface area contributed by atoms with Crippen LogP contribution in [0, 0.1) is 11.3 Å². The average Bonchev–Trinajstić information content (AvgIpc) is 2.17. The number of hydrogen-bond donors (Lipinski definition) is 0. The maximum absolute atomic E-state index is 8.47. The summed E-state index contributed by atoms with van der Waals surface area (Å²) in [4.78, 5) is 0. The fraction of sp³-hybridized carbons (Fsp3) is 0.100. The van der Waals surface area contributed by atoms with Gasteiger partial charge in [-0.3, -0.25) is 0 Å². The van der Waals surface area contributed by atoms with Gasteiger partial charge in [-0.1, -0.05) is 30.3 Å². The van der Waals surface area contributed by atoms with Gasteiger partial charge in [0.25, 0.3) is 0 Å². The lowest BCUT2D eigenvalue weighted by atomic mass is 10.1. The normalized spacial score (nSPS) is 12.9. The van der Waals surface area contributed by atoms with E-state index in [0.717, 1.165) is 11.1 Å². The van der Waals surface area contributed by atoms with Gasteiger partial charge < -0.3 is 0 Å². The van der Waals surface area contributed by atoms with Gasteiger partial charge in [0.15, 0.2) is 0 Å². The SMILES string of the molecule is [2H]/C(C#N)=C(/C)c1ccccc1. The lowest BCUT2D eigenvalue weighted by molar-refractivity contribution is 1.52. The van der Waals surface area contributed by atoms with Crippen LogP contribution in [0.5, 0.6) is 0 Å². The van der Waals surface area contributed by atoms with Gasteiger partial charge in [-0.15, -0.1) is 0 Å². The Morgan fingerprint density at radius 1 is 1.55 bits per heavy atom. The third kappa shape index (κ3) is 1.94. The zero-order valence-corrected chi connectivity index (χ0v) is 6.33. The summed E-state index contributed by atoms with van der Waals surface area (Å²) in [5.41, 5.74) is 1.65. The van der Waals surface area contributed by atoms with E-state index in [2.05, 4.69) is 0 Å². The van der Waals surface area contributed by atoms with Crippen molar-refractivity contribution in [2.24, 2.45) is 0 Å². The Kier molecular flexibility index (Phi) is 2.01. The molecule has 1 aromatic carbocycles. The number of nitrogens with zero attached hydrogens (tertiary/aromatic N) is 1. The zero-order valence-electron chi connectivity index (χ0n) is 7.33. The van der Waals surface area contributed by atoms with Crippen LogP contribution in [0.2, 0.25) is 0 Å². The highest BCUT2D eigenvalue weighted by molar-refractivity contribution is 5.65. The number of hydrogen-bond acceptors (Lipinski definition) is 1. The molecule has 0 saturated carbocycles. The van der Waals surface area contributed by atoms with Crippen molar-refractivity contribution >= 4 is 5.57 Å². The van der Waals surface area contributed by atoms with Crippen LogP contribution in [0.15, 0.2) is 36.4 Å². The molecular formula is C10H9N. The standard InChI is InChI=1S/C10H9N/c1-9(7-8-11)10-5-3-2-4-6-10/h2-7H,1H3/b9-7+/i7D. The Hall–Kier alpha value is -1.55. The minimum atomic E-state index is 0.0289. The molecule has 0 aliphatic heterocycles. The maximum Gasteiger partial charge on any atom is 0.0915 e. The van der Waals surface area contributed by atoms with Crippen molar-refractivity contribution in [3.63, 3.8) is 0 Å². The Bertz CT molecular complexity index is 333. The topological polar surface area (TPSA) is 23.8 Å². The minimum Gasteiger partial charge on any atom is -0.193 e. The van der Waals surface area contributed by atoms with Gasteiger partial charge in [0, 0.05) is 6.05 Å². The molecule has 1 heteroatoms. The van der Waals surface area contributed by atoms with Crippen LogP contribution in [-0.2, 0) is 0 Å². The van der Waals surface area contributed by atoms with Crippen molar-refractivity contribution < 1.29 is 1.37 Å². The summed E-state index contributed by atoms with van der Waals surface area (Å²) in [6, 6.07) is 11.3. The van der Waals surface area contributed by atoms with E-state index in [9.17, 15) is 0 Å². The molecule has 54 valence electrons. The van der Waals surface area contributed by atoms with Crippen molar-refractivity contribution in [1.82, 2.24) is 0 Å². The van der Waals surface area contributed by atoms with Gasteiger partial charge in [-0.05, 0) is 18.1 Å². The molecular weight excluding hydrogens is 134 g/mol. The van der Waals surface area contributed by atoms with E-state index >= 15 is 0 Å². The smallest absolute Gasteiger partial charge is 0.0915 e. The van der Waals surface area contributed by atoms with E-state index in [1.165, 1.54) is 0 Å². The summed E-state index contributed by atoms with van der Waals surface area (Å²) in [6.45, 7) is 1.78. The third-order valence-corrected chi connectivity index (χ3v) is 1.45. The highest BCUT2D eigenvalue weighted by atomic mass is 14.2. The first-order valence-corrected chi connectivity index (χ1v) is 3.38. The van der Waals surface area contributed by atoms with E-state index in [0.29, 0.717) is 0 Å². The lowest BCUT2D eigenvalue weighted by Gasteiger charge is -1.96. The van der Waals surface area contributed by atoms with E-state index < -0.39 is 0 Å². The maximum atomic E-state index is 8.47. The summed E-state index contributed by atoms with van der Waals surface area (Å²) in [7, 11) is 0. The molecule has 0 radical (unpaired) electrons. The Morgan fingerprint density at radius 2 is 2.18 bits per heavy atom. The van der Waals surface area contributed by atoms with Crippen LogP contribution >= 0.6 is 0 Å². The van der Waals surface area contributed by atoms with Crippen molar-refractivity contribution in [3.05, 3.63) is 41.9 Å². The highest BCUT2D eigenvalue weighted by Gasteiger charge is 1.90. The van der Waals surface area contributed by atoms with Crippen molar-refractivity contribution in [3.8, 4) is 6.07 Å². The predicted octanol–water partition coefficient (Wildman–Crippen LogP) is 2.61. The molecule has 11 heavy (non-hydrogen) atoms. The van der Waals surface area contributed by atoms with Crippen molar-refractivity contribution in [2.75, 3.05) is 0 Å². The fourth-order valence-corrected chi connectivity index (χ4v) is 0.844. The van der Waals surface area contributed by atoms with Crippen LogP contribution < -0.4 is 0 Å². The molecule has 0 N–H and O–H groups in total. The Labute approximate surface area is 68.0 Å². The highest BCUT2D eigenvalue weighted by Crippen LogP contribution is 2.11. The lowest BCUT2D eigenvalue weighted by Crippen LogP contribution is -1.75. The molecule has 0 bridgehead atoms. The molecule has 0 unspecified atom stereocenters. The fourth-order valence-electron chi connectivity index (χ4n) is 0.844. The summed E-state index contributed by atoms with van der Waals surface area (Å²) in [5, 5.41) is 8.47. The molecule has 0 spiro atoms. The minimum absolute atomic E-state index is 0.0289. The molecule has 0 aromatic heterocycles. The van der Waals surface area contributed by atoms with Crippen LogP contribution in [0.25, 0.3) is 5.57 Å². The Balaban J connectivity index is 3.11. The number of nitriles is 1. The van der Waals surface area contributed by atoms with E-state index in [-0.39, 0.29) is 6.05 Å². The molecule has 0 heterocycles. The molecule has 1 rings (SSSR count). The van der Waals surface area contributed by atoms with Crippen LogP contribution in [0.3, 0.4) is 0 Å². The summed E-state index contributed by atoms with van der Waals surface area (Å²) >= 11 is 0. The number of rotatable bonds is 1. The summed E-state index contributed by atoms with van der Waals surface area (Å²) < 4.78 is 7.28. The van der Waals surface area contributed by atoms with Gasteiger partial charge in [0.05, 0.1) is 7.44 Å². The predicted molar refractivity (Wildman–Crippen MR) is 45.7 cm³/mol. The van der Waals surface area contributed by atoms with E-state index in [4.69, 9.17) is 6.63 Å². The first-order valence-electron chi connectivity index (χ1n) is 3.88. The van der Waals surface area contributed by atoms with Crippen LogP contribution in [-0.4, -0.2) is 0 Å². The van der Waals surface area contributed by atoms with Gasteiger partial charge in [-0.2, -0.15) is 5.26 Å². The molecule has 0 saturated heterocycles. The molecule has 0 amide bonds. The Morgan fingerprint density at radius 3 is 2.73 bits per heavy atom. The zero-order chi connectivity index (χ0) is 8.97. The first-order chi connectivity index (χ1) is 5.75. The van der Waals surface area contributed by atoms with Gasteiger partial charge in [0.2, 0.25) is 0 Å². The van der Waals surface area contributed by atoms with Crippen LogP contribution in [0.4, 0.5) is 0 Å². The van der Waals surface area contributed by atoms with Crippen molar-refractivity contribution in [2.45, 2.75) is 6.92 Å². The quantitative estimate of drug-likeness (QED) is 0.556. The number of benzene rings is 1. The molecule has 0 aliphatic rings. The summed E-state index contributed by atoms with van der Waals surface area (Å²) in [6.07, 6.45) is 0. The monoisotopic (exact) mass is 144 g/mol. The van der Waals surface area contributed by atoms with E-state index in [1.54, 1.807) is 6.92 Å². The second kappa shape index (κ2) is 3.58. The molecule has 1 nitrogen and oxygen atoms in total. The second-order valence-corrected chi connectivity index (χ2v) is 2.23. The average molecular weight is 144 g/mol. The largest absolute Gasteiger partial charge is 0.193 e. The van der Waals surface area contributed by atoms with Gasteiger partial charge in [0.1, 0.15) is 0 Å².